The lowest BCUT2D eigenvalue weighted by atomic mass is 9.95. The Morgan fingerprint density at radius 1 is 1.24 bits per heavy atom. The molecule has 21 heavy (non-hydrogen) atoms. The first kappa shape index (κ1) is 15.0. The van der Waals surface area contributed by atoms with E-state index in [9.17, 15) is 8.42 Å². The monoisotopic (exact) mass is 308 g/mol. The van der Waals surface area contributed by atoms with Gasteiger partial charge in [0.05, 0.1) is 4.90 Å². The van der Waals surface area contributed by atoms with Gasteiger partial charge in [0.1, 0.15) is 0 Å². The van der Waals surface area contributed by atoms with Crippen LogP contribution in [0.3, 0.4) is 0 Å². The highest BCUT2D eigenvalue weighted by molar-refractivity contribution is 7.89. The molecule has 0 aliphatic carbocycles. The average molecular weight is 308 g/mol. The first-order valence-corrected chi connectivity index (χ1v) is 9.29. The first-order chi connectivity index (χ1) is 10.0. The molecule has 1 aromatic carbocycles. The Balaban J connectivity index is 1.83. The van der Waals surface area contributed by atoms with Crippen molar-refractivity contribution in [2.24, 2.45) is 11.8 Å². The first-order valence-electron chi connectivity index (χ1n) is 7.85. The molecule has 3 unspecified atom stereocenters. The van der Waals surface area contributed by atoms with Crippen LogP contribution in [0.1, 0.15) is 25.8 Å². The average Bonchev–Trinajstić information content (AvgIpc) is 3.03. The lowest BCUT2D eigenvalue weighted by Gasteiger charge is -2.24. The van der Waals surface area contributed by atoms with Crippen molar-refractivity contribution in [3.8, 4) is 0 Å². The van der Waals surface area contributed by atoms with Crippen molar-refractivity contribution in [2.45, 2.75) is 37.6 Å². The fourth-order valence-electron chi connectivity index (χ4n) is 3.70. The molecule has 3 atom stereocenters. The summed E-state index contributed by atoms with van der Waals surface area (Å²) in [5.41, 5.74) is 1.20. The molecule has 2 aliphatic rings. The van der Waals surface area contributed by atoms with E-state index >= 15 is 0 Å². The second-order valence-corrected chi connectivity index (χ2v) is 8.18. The van der Waals surface area contributed by atoms with Crippen LogP contribution in [0, 0.1) is 11.8 Å². The molecule has 1 N–H and O–H groups in total. The van der Waals surface area contributed by atoms with Gasteiger partial charge in [0, 0.05) is 12.6 Å². The molecular weight excluding hydrogens is 284 g/mol. The van der Waals surface area contributed by atoms with Gasteiger partial charge < -0.3 is 5.32 Å². The zero-order valence-electron chi connectivity index (χ0n) is 12.7. The van der Waals surface area contributed by atoms with Crippen LogP contribution < -0.4 is 5.32 Å². The van der Waals surface area contributed by atoms with Crippen molar-refractivity contribution in [3.05, 3.63) is 29.8 Å². The summed E-state index contributed by atoms with van der Waals surface area (Å²) in [7, 11) is -3.36. The highest BCUT2D eigenvalue weighted by Crippen LogP contribution is 2.36. The summed E-state index contributed by atoms with van der Waals surface area (Å²) in [5.74, 6) is 0.924. The van der Waals surface area contributed by atoms with Gasteiger partial charge in [0.25, 0.3) is 0 Å². The summed E-state index contributed by atoms with van der Waals surface area (Å²) < 4.78 is 27.4. The smallest absolute Gasteiger partial charge is 0.243 e. The van der Waals surface area contributed by atoms with Gasteiger partial charge >= 0.3 is 0 Å². The molecule has 0 spiro atoms. The highest BCUT2D eigenvalue weighted by Gasteiger charge is 2.46. The zero-order valence-corrected chi connectivity index (χ0v) is 13.6. The van der Waals surface area contributed by atoms with E-state index in [1.54, 1.807) is 16.4 Å². The highest BCUT2D eigenvalue weighted by atomic mass is 32.2. The molecule has 2 aliphatic heterocycles. The summed E-state index contributed by atoms with van der Waals surface area (Å²) in [5, 5.41) is 3.37. The Morgan fingerprint density at radius 2 is 1.95 bits per heavy atom. The quantitative estimate of drug-likeness (QED) is 0.924. The van der Waals surface area contributed by atoms with Crippen LogP contribution in [0.5, 0.6) is 0 Å². The molecule has 116 valence electrons. The van der Waals surface area contributed by atoms with Gasteiger partial charge in [-0.25, -0.2) is 8.42 Å². The molecular formula is C16H24N2O2S. The van der Waals surface area contributed by atoms with Gasteiger partial charge in [-0.05, 0) is 56.0 Å². The second-order valence-electron chi connectivity index (χ2n) is 6.29. The summed E-state index contributed by atoms with van der Waals surface area (Å²) in [6.45, 7) is 6.70. The van der Waals surface area contributed by atoms with Gasteiger partial charge in [-0.2, -0.15) is 4.31 Å². The van der Waals surface area contributed by atoms with Gasteiger partial charge in [0.15, 0.2) is 0 Å². The Morgan fingerprint density at radius 3 is 2.57 bits per heavy atom. The SMILES string of the molecule is CCCc1ccc(S(=O)(=O)N2CC3CNCC3C2C)cc1. The number of hydrogen-bond acceptors (Lipinski definition) is 3. The second kappa shape index (κ2) is 5.71. The van der Waals surface area contributed by atoms with E-state index in [2.05, 4.69) is 12.2 Å². The van der Waals surface area contributed by atoms with Crippen LogP contribution in [0.4, 0.5) is 0 Å². The molecule has 2 fully saturated rings. The molecule has 3 rings (SSSR count). The summed E-state index contributed by atoms with van der Waals surface area (Å²) in [4.78, 5) is 0.433. The summed E-state index contributed by atoms with van der Waals surface area (Å²) in [6, 6.07) is 7.50. The number of nitrogens with one attached hydrogen (secondary N) is 1. The van der Waals surface area contributed by atoms with Crippen molar-refractivity contribution in [1.82, 2.24) is 9.62 Å². The van der Waals surface area contributed by atoms with Crippen molar-refractivity contribution < 1.29 is 8.42 Å². The minimum absolute atomic E-state index is 0.0883. The van der Waals surface area contributed by atoms with E-state index in [-0.39, 0.29) is 6.04 Å². The van der Waals surface area contributed by atoms with Crippen LogP contribution in [-0.4, -0.2) is 38.4 Å². The maximum absolute atomic E-state index is 12.9. The zero-order chi connectivity index (χ0) is 15.0. The Kier molecular flexibility index (Phi) is 4.08. The minimum Gasteiger partial charge on any atom is -0.316 e. The number of aryl methyl sites for hydroxylation is 1. The molecule has 1 aromatic rings. The third-order valence-corrected chi connectivity index (χ3v) is 6.92. The van der Waals surface area contributed by atoms with Gasteiger partial charge in [0.2, 0.25) is 10.0 Å². The van der Waals surface area contributed by atoms with E-state index in [1.165, 1.54) is 5.56 Å². The fourth-order valence-corrected chi connectivity index (χ4v) is 5.43. The minimum atomic E-state index is -3.36. The largest absolute Gasteiger partial charge is 0.316 e. The molecule has 0 amide bonds. The normalized spacial score (nSPS) is 29.7. The Bertz CT molecular complexity index is 597. The van der Waals surface area contributed by atoms with Crippen LogP contribution in [0.15, 0.2) is 29.2 Å². The summed E-state index contributed by atoms with van der Waals surface area (Å²) in [6.07, 6.45) is 2.07. The Labute approximate surface area is 127 Å². The van der Waals surface area contributed by atoms with E-state index in [4.69, 9.17) is 0 Å². The lowest BCUT2D eigenvalue weighted by Crippen LogP contribution is -2.38. The standard InChI is InChI=1S/C16H24N2O2S/c1-3-4-13-5-7-15(8-6-13)21(19,20)18-11-14-9-17-10-16(14)12(18)2/h5-8,12,14,16-17H,3-4,9-11H2,1-2H3. The third-order valence-electron chi connectivity index (χ3n) is 4.95. The number of sulfonamides is 1. The van der Waals surface area contributed by atoms with Crippen molar-refractivity contribution in [1.29, 1.82) is 0 Å². The number of fused-ring (bicyclic) bond motifs is 1. The van der Waals surface area contributed by atoms with Gasteiger partial charge in [-0.1, -0.05) is 25.5 Å². The molecule has 2 saturated heterocycles. The molecule has 0 radical (unpaired) electrons. The maximum Gasteiger partial charge on any atom is 0.243 e. The van der Waals surface area contributed by atoms with Crippen molar-refractivity contribution in [3.63, 3.8) is 0 Å². The number of hydrogen-bond donors (Lipinski definition) is 1. The van der Waals surface area contributed by atoms with E-state index in [0.29, 0.717) is 23.3 Å². The predicted octanol–water partition coefficient (Wildman–Crippen LogP) is 1.87. The van der Waals surface area contributed by atoms with E-state index < -0.39 is 10.0 Å². The molecule has 2 heterocycles. The summed E-state index contributed by atoms with van der Waals surface area (Å²) >= 11 is 0. The lowest BCUT2D eigenvalue weighted by molar-refractivity contribution is 0.360. The molecule has 5 heteroatoms. The molecule has 0 bridgehead atoms. The molecule has 4 nitrogen and oxygen atoms in total. The van der Waals surface area contributed by atoms with Crippen molar-refractivity contribution in [2.75, 3.05) is 19.6 Å². The third kappa shape index (κ3) is 2.62. The fraction of sp³-hybridized carbons (Fsp3) is 0.625. The maximum atomic E-state index is 12.9. The van der Waals surface area contributed by atoms with Gasteiger partial charge in [-0.15, -0.1) is 0 Å². The van der Waals surface area contributed by atoms with Crippen LogP contribution >= 0.6 is 0 Å². The predicted molar refractivity (Wildman–Crippen MR) is 83.6 cm³/mol. The topological polar surface area (TPSA) is 49.4 Å². The molecule has 0 saturated carbocycles. The molecule has 0 aromatic heterocycles. The van der Waals surface area contributed by atoms with Crippen LogP contribution in [0.2, 0.25) is 0 Å². The van der Waals surface area contributed by atoms with Gasteiger partial charge in [-0.3, -0.25) is 0 Å². The Hall–Kier alpha value is -0.910. The van der Waals surface area contributed by atoms with Crippen LogP contribution in [0.25, 0.3) is 0 Å². The van der Waals surface area contributed by atoms with E-state index in [1.807, 2.05) is 19.1 Å². The van der Waals surface area contributed by atoms with Crippen LogP contribution in [-0.2, 0) is 16.4 Å². The number of nitrogens with zero attached hydrogens (tertiary/aromatic N) is 1. The number of benzene rings is 1. The number of rotatable bonds is 4. The van der Waals surface area contributed by atoms with E-state index in [0.717, 1.165) is 25.9 Å². The van der Waals surface area contributed by atoms with Crippen molar-refractivity contribution >= 4 is 10.0 Å².